The van der Waals surface area contributed by atoms with Crippen molar-refractivity contribution in [2.75, 3.05) is 5.32 Å². The first-order valence-electron chi connectivity index (χ1n) is 10.5. The number of aromatic nitrogens is 1. The molecule has 0 aliphatic carbocycles. The molecule has 5 aromatic rings. The van der Waals surface area contributed by atoms with Gasteiger partial charge in [0.15, 0.2) is 4.34 Å². The summed E-state index contributed by atoms with van der Waals surface area (Å²) in [7, 11) is 0. The van der Waals surface area contributed by atoms with E-state index in [0.717, 1.165) is 20.1 Å². The van der Waals surface area contributed by atoms with Crippen molar-refractivity contribution in [1.82, 2.24) is 4.98 Å². The highest BCUT2D eigenvalue weighted by Gasteiger charge is 2.19. The van der Waals surface area contributed by atoms with Crippen LogP contribution in [0.3, 0.4) is 0 Å². The molecule has 0 saturated carbocycles. The van der Waals surface area contributed by atoms with Crippen LogP contribution in [0, 0.1) is 5.82 Å². The maximum Gasteiger partial charge on any atom is 0.258 e. The van der Waals surface area contributed by atoms with E-state index >= 15 is 0 Å². The fourth-order valence-electron chi connectivity index (χ4n) is 3.57. The number of amides is 1. The molecule has 4 aromatic carbocycles. The van der Waals surface area contributed by atoms with Crippen LogP contribution >= 0.6 is 34.7 Å². The molecule has 0 fully saturated rings. The second-order valence-electron chi connectivity index (χ2n) is 7.56. The number of anilines is 1. The van der Waals surface area contributed by atoms with Crippen molar-refractivity contribution < 1.29 is 9.18 Å². The Morgan fingerprint density at radius 3 is 2.38 bits per heavy atom. The van der Waals surface area contributed by atoms with E-state index in [9.17, 15) is 9.18 Å². The first-order valence-corrected chi connectivity index (χ1v) is 12.6. The minimum atomic E-state index is -0.549. The second kappa shape index (κ2) is 9.97. The summed E-state index contributed by atoms with van der Waals surface area (Å²) in [6.07, 6.45) is 0. The van der Waals surface area contributed by atoms with Gasteiger partial charge in [-0.3, -0.25) is 4.79 Å². The van der Waals surface area contributed by atoms with Crippen LogP contribution in [0.25, 0.3) is 10.2 Å². The summed E-state index contributed by atoms with van der Waals surface area (Å²) in [6, 6.07) is 29.6. The first kappa shape index (κ1) is 22.6. The number of thioether (sulfide) groups is 1. The number of benzene rings is 4. The summed E-state index contributed by atoms with van der Waals surface area (Å²) >= 11 is 9.34. The molecule has 34 heavy (non-hydrogen) atoms. The van der Waals surface area contributed by atoms with Crippen LogP contribution in [-0.2, 0) is 0 Å². The summed E-state index contributed by atoms with van der Waals surface area (Å²) < 4.78 is 15.8. The summed E-state index contributed by atoms with van der Waals surface area (Å²) in [6.45, 7) is 0. The third-order valence-corrected chi connectivity index (χ3v) is 7.92. The van der Waals surface area contributed by atoms with Gasteiger partial charge in [-0.25, -0.2) is 9.37 Å². The molecule has 0 saturated heterocycles. The van der Waals surface area contributed by atoms with Crippen LogP contribution in [0.2, 0.25) is 5.02 Å². The van der Waals surface area contributed by atoms with Crippen LogP contribution in [0.4, 0.5) is 10.1 Å². The van der Waals surface area contributed by atoms with Gasteiger partial charge in [0, 0.05) is 10.7 Å². The SMILES string of the molecule is O=C(Nc1ccc2nc(SC(c3ccccc3)c3ccc(Cl)cc3)sc2c1)c1ccccc1F. The highest BCUT2D eigenvalue weighted by molar-refractivity contribution is 8.01. The first-order chi connectivity index (χ1) is 16.6. The number of thiazole rings is 1. The van der Waals surface area contributed by atoms with E-state index in [-0.39, 0.29) is 10.8 Å². The van der Waals surface area contributed by atoms with Crippen LogP contribution < -0.4 is 5.32 Å². The summed E-state index contributed by atoms with van der Waals surface area (Å²) in [5, 5.41) is 3.53. The molecule has 0 bridgehead atoms. The van der Waals surface area contributed by atoms with Gasteiger partial charge in [-0.2, -0.15) is 0 Å². The maximum atomic E-state index is 13.9. The van der Waals surface area contributed by atoms with Gasteiger partial charge in [0.05, 0.1) is 21.0 Å². The number of rotatable bonds is 6. The third-order valence-electron chi connectivity index (χ3n) is 5.24. The Balaban J connectivity index is 1.41. The van der Waals surface area contributed by atoms with Gasteiger partial charge in [-0.1, -0.05) is 78.0 Å². The molecule has 1 unspecified atom stereocenters. The Morgan fingerprint density at radius 1 is 0.912 bits per heavy atom. The van der Waals surface area contributed by atoms with E-state index in [1.807, 2.05) is 54.6 Å². The zero-order valence-electron chi connectivity index (χ0n) is 17.7. The van der Waals surface area contributed by atoms with Crippen molar-refractivity contribution in [2.24, 2.45) is 0 Å². The Bertz CT molecular complexity index is 1460. The standard InChI is InChI=1S/C27H18ClFN2OS2/c28-19-12-10-18(11-13-19)25(17-6-2-1-3-7-17)34-27-31-23-15-14-20(16-24(23)33-27)30-26(32)21-8-4-5-9-22(21)29/h1-16,25H,(H,30,32). The number of hydrogen-bond donors (Lipinski definition) is 1. The molecule has 3 nitrogen and oxygen atoms in total. The maximum absolute atomic E-state index is 13.9. The highest BCUT2D eigenvalue weighted by Crippen LogP contribution is 2.43. The van der Waals surface area contributed by atoms with Gasteiger partial charge < -0.3 is 5.32 Å². The number of carbonyl (C=O) groups is 1. The molecular weight excluding hydrogens is 487 g/mol. The summed E-state index contributed by atoms with van der Waals surface area (Å²) in [5.41, 5.74) is 3.76. The monoisotopic (exact) mass is 504 g/mol. The predicted octanol–water partition coefficient (Wildman–Crippen LogP) is 8.22. The van der Waals surface area contributed by atoms with Crippen molar-refractivity contribution in [3.63, 3.8) is 0 Å². The average Bonchev–Trinajstić information content (AvgIpc) is 3.26. The Morgan fingerprint density at radius 2 is 1.62 bits per heavy atom. The highest BCUT2D eigenvalue weighted by atomic mass is 35.5. The average molecular weight is 505 g/mol. The van der Waals surface area contributed by atoms with Crippen molar-refractivity contribution >= 4 is 56.5 Å². The zero-order chi connectivity index (χ0) is 23.5. The van der Waals surface area contributed by atoms with Gasteiger partial charge >= 0.3 is 0 Å². The van der Waals surface area contributed by atoms with E-state index in [0.29, 0.717) is 10.7 Å². The molecule has 168 valence electrons. The number of nitrogens with one attached hydrogen (secondary N) is 1. The Labute approximate surface area is 209 Å². The number of fused-ring (bicyclic) bond motifs is 1. The number of carbonyl (C=O) groups excluding carboxylic acids is 1. The lowest BCUT2D eigenvalue weighted by Crippen LogP contribution is -2.13. The smallest absolute Gasteiger partial charge is 0.258 e. The van der Waals surface area contributed by atoms with Crippen LogP contribution in [-0.4, -0.2) is 10.9 Å². The van der Waals surface area contributed by atoms with Crippen molar-refractivity contribution in [3.8, 4) is 0 Å². The molecule has 0 aliphatic heterocycles. The predicted molar refractivity (Wildman–Crippen MR) is 140 cm³/mol. The van der Waals surface area contributed by atoms with E-state index in [2.05, 4.69) is 17.4 Å². The lowest BCUT2D eigenvalue weighted by atomic mass is 10.0. The van der Waals surface area contributed by atoms with Crippen molar-refractivity contribution in [2.45, 2.75) is 9.59 Å². The molecule has 0 radical (unpaired) electrons. The topological polar surface area (TPSA) is 42.0 Å². The van der Waals surface area contributed by atoms with Crippen LogP contribution in [0.1, 0.15) is 26.7 Å². The van der Waals surface area contributed by atoms with Gasteiger partial charge in [-0.05, 0) is 53.6 Å². The number of halogens is 2. The molecule has 1 heterocycles. The number of nitrogens with zero attached hydrogens (tertiary/aromatic N) is 1. The Hall–Kier alpha value is -3.19. The fraction of sp³-hybridized carbons (Fsp3) is 0.0370. The molecule has 0 spiro atoms. The summed E-state index contributed by atoms with van der Waals surface area (Å²) in [4.78, 5) is 17.3. The molecule has 7 heteroatoms. The van der Waals surface area contributed by atoms with Crippen LogP contribution in [0.5, 0.6) is 0 Å². The van der Waals surface area contributed by atoms with E-state index in [4.69, 9.17) is 16.6 Å². The van der Waals surface area contributed by atoms with E-state index in [1.165, 1.54) is 17.7 Å². The van der Waals surface area contributed by atoms with Crippen molar-refractivity contribution in [1.29, 1.82) is 0 Å². The number of hydrogen-bond acceptors (Lipinski definition) is 4. The molecule has 5 rings (SSSR count). The molecule has 1 amide bonds. The molecule has 0 aliphatic rings. The largest absolute Gasteiger partial charge is 0.322 e. The second-order valence-corrected chi connectivity index (χ2v) is 10.4. The fourth-order valence-corrected chi connectivity index (χ4v) is 6.12. The Kier molecular flexibility index (Phi) is 6.63. The lowest BCUT2D eigenvalue weighted by molar-refractivity contribution is 0.102. The quantitative estimate of drug-likeness (QED) is 0.237. The zero-order valence-corrected chi connectivity index (χ0v) is 20.1. The third kappa shape index (κ3) is 4.99. The summed E-state index contributed by atoms with van der Waals surface area (Å²) in [5.74, 6) is -1.03. The van der Waals surface area contributed by atoms with E-state index < -0.39 is 11.7 Å². The minimum absolute atomic E-state index is 0.0109. The lowest BCUT2D eigenvalue weighted by Gasteiger charge is -2.16. The van der Waals surface area contributed by atoms with Crippen molar-refractivity contribution in [3.05, 3.63) is 125 Å². The molecular formula is C27H18ClFN2OS2. The van der Waals surface area contributed by atoms with Gasteiger partial charge in [0.25, 0.3) is 5.91 Å². The van der Waals surface area contributed by atoms with Gasteiger partial charge in [-0.15, -0.1) is 11.3 Å². The van der Waals surface area contributed by atoms with Crippen LogP contribution in [0.15, 0.2) is 101 Å². The normalized spacial score (nSPS) is 11.9. The van der Waals surface area contributed by atoms with E-state index in [1.54, 1.807) is 41.3 Å². The van der Waals surface area contributed by atoms with Gasteiger partial charge in [0.2, 0.25) is 0 Å². The molecule has 1 atom stereocenters. The van der Waals surface area contributed by atoms with Gasteiger partial charge in [0.1, 0.15) is 5.82 Å². The molecule has 1 N–H and O–H groups in total. The molecule has 1 aromatic heterocycles. The minimum Gasteiger partial charge on any atom is -0.322 e.